The first-order valence-electron chi connectivity index (χ1n) is 9.33. The van der Waals surface area contributed by atoms with Gasteiger partial charge < -0.3 is 10.1 Å². The number of benzene rings is 3. The molecular formula is C24H19NO4. The smallest absolute Gasteiger partial charge is 0.231 e. The van der Waals surface area contributed by atoms with Crippen LogP contribution in [0.1, 0.15) is 44.7 Å². The normalized spacial score (nSPS) is 14.8. The van der Waals surface area contributed by atoms with Gasteiger partial charge in [-0.1, -0.05) is 30.3 Å². The van der Waals surface area contributed by atoms with Gasteiger partial charge in [0.1, 0.15) is 5.75 Å². The molecule has 1 aliphatic rings. The molecule has 144 valence electrons. The molecule has 3 aromatic carbocycles. The Kier molecular flexibility index (Phi) is 4.96. The number of fused-ring (bicyclic) bond motifs is 1. The summed E-state index contributed by atoms with van der Waals surface area (Å²) in [6, 6.07) is 20.9. The first kappa shape index (κ1) is 18.6. The molecule has 3 aromatic rings. The van der Waals surface area contributed by atoms with Crippen LogP contribution in [0.3, 0.4) is 0 Å². The summed E-state index contributed by atoms with van der Waals surface area (Å²) in [7, 11) is 0. The summed E-state index contributed by atoms with van der Waals surface area (Å²) >= 11 is 0. The molecule has 29 heavy (non-hydrogen) atoms. The van der Waals surface area contributed by atoms with Crippen LogP contribution < -0.4 is 10.1 Å². The molecule has 0 fully saturated rings. The Hall–Kier alpha value is -3.73. The number of hydrogen-bond donors (Lipinski definition) is 1. The zero-order valence-electron chi connectivity index (χ0n) is 15.8. The highest BCUT2D eigenvalue weighted by Gasteiger charge is 2.27. The molecule has 5 heteroatoms. The van der Waals surface area contributed by atoms with E-state index < -0.39 is 0 Å². The molecule has 1 atom stereocenters. The van der Waals surface area contributed by atoms with E-state index in [0.29, 0.717) is 22.4 Å². The van der Waals surface area contributed by atoms with E-state index in [-0.39, 0.29) is 30.0 Å². The number of nitrogens with one attached hydrogen (secondary N) is 1. The molecule has 0 saturated carbocycles. The van der Waals surface area contributed by atoms with Gasteiger partial charge in [-0.25, -0.2) is 0 Å². The standard InChI is InChI=1S/C24H19NO4/c1-15-20-13-18(9-12-21(20)25-24(15)28)22(26)14-29-19-10-7-17(8-11-19)23(27)16-5-3-2-4-6-16/h2-13,15H,14H2,1H3,(H,25,28)/t15-/m1/s1. The molecule has 0 saturated heterocycles. The second-order valence-corrected chi connectivity index (χ2v) is 6.94. The van der Waals surface area contributed by atoms with Gasteiger partial charge in [-0.05, 0) is 55.0 Å². The zero-order chi connectivity index (χ0) is 20.4. The van der Waals surface area contributed by atoms with Crippen molar-refractivity contribution in [3.63, 3.8) is 0 Å². The fourth-order valence-corrected chi connectivity index (χ4v) is 3.28. The van der Waals surface area contributed by atoms with Gasteiger partial charge in [0.2, 0.25) is 5.91 Å². The lowest BCUT2D eigenvalue weighted by atomic mass is 9.99. The third-order valence-corrected chi connectivity index (χ3v) is 5.01. The summed E-state index contributed by atoms with van der Waals surface area (Å²) in [5.74, 6) is -0.0684. The third kappa shape index (κ3) is 3.80. The van der Waals surface area contributed by atoms with E-state index in [9.17, 15) is 14.4 Å². The number of carbonyl (C=O) groups excluding carboxylic acids is 3. The van der Waals surface area contributed by atoms with Crippen LogP contribution in [0.25, 0.3) is 0 Å². The number of amides is 1. The minimum Gasteiger partial charge on any atom is -0.485 e. The van der Waals surface area contributed by atoms with Gasteiger partial charge in [-0.2, -0.15) is 0 Å². The fraction of sp³-hybridized carbons (Fsp3) is 0.125. The van der Waals surface area contributed by atoms with Crippen molar-refractivity contribution in [2.45, 2.75) is 12.8 Å². The molecule has 0 aromatic heterocycles. The Labute approximate surface area is 168 Å². The van der Waals surface area contributed by atoms with E-state index in [4.69, 9.17) is 4.74 Å². The quantitative estimate of drug-likeness (QED) is 0.645. The molecule has 0 spiro atoms. The van der Waals surface area contributed by atoms with Crippen molar-refractivity contribution in [2.24, 2.45) is 0 Å². The Morgan fingerprint density at radius 1 is 0.897 bits per heavy atom. The number of rotatable bonds is 6. The molecular weight excluding hydrogens is 366 g/mol. The summed E-state index contributed by atoms with van der Waals surface area (Å²) in [5.41, 5.74) is 3.25. The van der Waals surface area contributed by atoms with Crippen molar-refractivity contribution in [2.75, 3.05) is 11.9 Å². The molecule has 0 aliphatic carbocycles. The second-order valence-electron chi connectivity index (χ2n) is 6.94. The van der Waals surface area contributed by atoms with Crippen molar-refractivity contribution in [1.29, 1.82) is 0 Å². The van der Waals surface area contributed by atoms with Crippen LogP contribution in [0.5, 0.6) is 5.75 Å². The molecule has 5 nitrogen and oxygen atoms in total. The van der Waals surface area contributed by atoms with Crippen LogP contribution >= 0.6 is 0 Å². The van der Waals surface area contributed by atoms with Gasteiger partial charge in [0, 0.05) is 22.4 Å². The Balaban J connectivity index is 1.40. The minimum absolute atomic E-state index is 0.0639. The largest absolute Gasteiger partial charge is 0.485 e. The van der Waals surface area contributed by atoms with Crippen LogP contribution in [-0.2, 0) is 4.79 Å². The van der Waals surface area contributed by atoms with E-state index in [2.05, 4.69) is 5.32 Å². The van der Waals surface area contributed by atoms with E-state index in [1.165, 1.54) is 0 Å². The predicted octanol–water partition coefficient (Wildman–Crippen LogP) is 4.23. The van der Waals surface area contributed by atoms with Gasteiger partial charge in [0.15, 0.2) is 18.2 Å². The average molecular weight is 385 g/mol. The maximum Gasteiger partial charge on any atom is 0.231 e. The first-order valence-corrected chi connectivity index (χ1v) is 9.33. The Morgan fingerprint density at radius 2 is 1.55 bits per heavy atom. The maximum absolute atomic E-state index is 12.5. The minimum atomic E-state index is -0.270. The van der Waals surface area contributed by atoms with Gasteiger partial charge in [0.05, 0.1) is 5.92 Å². The van der Waals surface area contributed by atoms with Crippen LogP contribution in [0.2, 0.25) is 0 Å². The first-order chi connectivity index (χ1) is 14.0. The molecule has 1 N–H and O–H groups in total. The van der Waals surface area contributed by atoms with Crippen LogP contribution in [0, 0.1) is 0 Å². The lowest BCUT2D eigenvalue weighted by molar-refractivity contribution is -0.116. The number of carbonyl (C=O) groups is 3. The van der Waals surface area contributed by atoms with E-state index in [0.717, 1.165) is 11.3 Å². The second kappa shape index (κ2) is 7.72. The van der Waals surface area contributed by atoms with Crippen molar-refractivity contribution in [1.82, 2.24) is 0 Å². The summed E-state index contributed by atoms with van der Waals surface area (Å²) in [4.78, 5) is 36.7. The Bertz CT molecular complexity index is 1090. The summed E-state index contributed by atoms with van der Waals surface area (Å²) < 4.78 is 5.59. The van der Waals surface area contributed by atoms with E-state index in [1.807, 2.05) is 25.1 Å². The summed E-state index contributed by atoms with van der Waals surface area (Å²) in [6.45, 7) is 1.69. The third-order valence-electron chi connectivity index (χ3n) is 5.01. The number of hydrogen-bond acceptors (Lipinski definition) is 4. The molecule has 0 unspecified atom stereocenters. The number of anilines is 1. The topological polar surface area (TPSA) is 72.5 Å². The average Bonchev–Trinajstić information content (AvgIpc) is 3.05. The Morgan fingerprint density at radius 3 is 2.28 bits per heavy atom. The SMILES string of the molecule is C[C@H]1C(=O)Nc2ccc(C(=O)COc3ccc(C(=O)c4ccccc4)cc3)cc21. The van der Waals surface area contributed by atoms with Gasteiger partial charge >= 0.3 is 0 Å². The predicted molar refractivity (Wildman–Crippen MR) is 110 cm³/mol. The van der Waals surface area contributed by atoms with Crippen molar-refractivity contribution in [3.8, 4) is 5.75 Å². The summed E-state index contributed by atoms with van der Waals surface area (Å²) in [5, 5.41) is 2.79. The van der Waals surface area contributed by atoms with Crippen LogP contribution in [0.4, 0.5) is 5.69 Å². The monoisotopic (exact) mass is 385 g/mol. The van der Waals surface area contributed by atoms with Crippen LogP contribution in [-0.4, -0.2) is 24.1 Å². The fourth-order valence-electron chi connectivity index (χ4n) is 3.28. The van der Waals surface area contributed by atoms with Crippen molar-refractivity contribution < 1.29 is 19.1 Å². The molecule has 1 heterocycles. The molecule has 4 rings (SSSR count). The lowest BCUT2D eigenvalue weighted by Crippen LogP contribution is -2.12. The highest BCUT2D eigenvalue weighted by atomic mass is 16.5. The van der Waals surface area contributed by atoms with Crippen molar-refractivity contribution >= 4 is 23.2 Å². The molecule has 1 aliphatic heterocycles. The van der Waals surface area contributed by atoms with Crippen LogP contribution in [0.15, 0.2) is 72.8 Å². The summed E-state index contributed by atoms with van der Waals surface area (Å²) in [6.07, 6.45) is 0. The zero-order valence-corrected chi connectivity index (χ0v) is 15.8. The van der Waals surface area contributed by atoms with Gasteiger partial charge in [-0.3, -0.25) is 14.4 Å². The highest BCUT2D eigenvalue weighted by molar-refractivity contribution is 6.09. The van der Waals surface area contributed by atoms with E-state index in [1.54, 1.807) is 54.6 Å². The number of Topliss-reactive ketones (excluding diaryl/α,β-unsaturated/α-hetero) is 1. The molecule has 0 radical (unpaired) electrons. The van der Waals surface area contributed by atoms with E-state index >= 15 is 0 Å². The highest BCUT2D eigenvalue weighted by Crippen LogP contribution is 2.32. The molecule has 1 amide bonds. The van der Waals surface area contributed by atoms with Gasteiger partial charge in [0.25, 0.3) is 0 Å². The molecule has 0 bridgehead atoms. The lowest BCUT2D eigenvalue weighted by Gasteiger charge is -2.08. The maximum atomic E-state index is 12.5. The number of ketones is 2. The van der Waals surface area contributed by atoms with Gasteiger partial charge in [-0.15, -0.1) is 0 Å². The van der Waals surface area contributed by atoms with Crippen molar-refractivity contribution in [3.05, 3.63) is 95.1 Å². The number of ether oxygens (including phenoxy) is 1.